The molecule has 3 rings (SSSR count). The predicted octanol–water partition coefficient (Wildman–Crippen LogP) is 3.10. The summed E-state index contributed by atoms with van der Waals surface area (Å²) in [5, 5.41) is 20.9. The second kappa shape index (κ2) is 6.69. The number of hydrogen-bond acceptors (Lipinski definition) is 7. The summed E-state index contributed by atoms with van der Waals surface area (Å²) in [5.74, 6) is -3.61. The van der Waals surface area contributed by atoms with E-state index in [1.807, 2.05) is 0 Å². The molecule has 0 aliphatic carbocycles. The molecule has 0 spiro atoms. The SMILES string of the molecule is O=C(Nc1cnc(O)c(F)c1)c1nnc(Nc2ccc(F)c(Cl)c2)o1. The molecule has 0 aliphatic heterocycles. The van der Waals surface area contributed by atoms with Gasteiger partial charge in [-0.15, -0.1) is 5.10 Å². The van der Waals surface area contributed by atoms with Gasteiger partial charge < -0.3 is 20.2 Å². The van der Waals surface area contributed by atoms with E-state index >= 15 is 0 Å². The summed E-state index contributed by atoms with van der Waals surface area (Å²) >= 11 is 5.65. The lowest BCUT2D eigenvalue weighted by Crippen LogP contribution is -2.12. The maximum absolute atomic E-state index is 13.2. The van der Waals surface area contributed by atoms with Crippen molar-refractivity contribution < 1.29 is 23.1 Å². The van der Waals surface area contributed by atoms with E-state index in [4.69, 9.17) is 21.1 Å². The van der Waals surface area contributed by atoms with E-state index in [-0.39, 0.29) is 16.7 Å². The first-order valence-electron chi connectivity index (χ1n) is 6.64. The van der Waals surface area contributed by atoms with Gasteiger partial charge in [0, 0.05) is 11.8 Å². The van der Waals surface area contributed by atoms with Crippen LogP contribution in [0.3, 0.4) is 0 Å². The Morgan fingerprint density at radius 3 is 2.68 bits per heavy atom. The molecule has 2 aromatic heterocycles. The Labute approximate surface area is 143 Å². The number of aromatic hydroxyl groups is 1. The maximum atomic E-state index is 13.2. The van der Waals surface area contributed by atoms with Gasteiger partial charge in [-0.3, -0.25) is 4.79 Å². The average molecular weight is 368 g/mol. The van der Waals surface area contributed by atoms with Crippen LogP contribution >= 0.6 is 11.6 Å². The number of anilines is 3. The lowest BCUT2D eigenvalue weighted by atomic mass is 10.3. The summed E-state index contributed by atoms with van der Waals surface area (Å²) in [6, 6.07) is 4.56. The molecule has 0 radical (unpaired) electrons. The number of hydrogen-bond donors (Lipinski definition) is 3. The van der Waals surface area contributed by atoms with Crippen LogP contribution in [0.5, 0.6) is 5.88 Å². The van der Waals surface area contributed by atoms with Gasteiger partial charge in [-0.05, 0) is 18.2 Å². The van der Waals surface area contributed by atoms with Crippen LogP contribution in [-0.4, -0.2) is 26.2 Å². The molecule has 128 valence electrons. The van der Waals surface area contributed by atoms with Crippen LogP contribution < -0.4 is 10.6 Å². The van der Waals surface area contributed by atoms with Gasteiger partial charge in [-0.1, -0.05) is 16.7 Å². The number of halogens is 3. The quantitative estimate of drug-likeness (QED) is 0.649. The first kappa shape index (κ1) is 16.6. The van der Waals surface area contributed by atoms with E-state index in [0.717, 1.165) is 18.3 Å². The van der Waals surface area contributed by atoms with Crippen LogP contribution in [0.2, 0.25) is 5.02 Å². The summed E-state index contributed by atoms with van der Waals surface area (Å²) in [4.78, 5) is 15.3. The zero-order chi connectivity index (χ0) is 18.0. The van der Waals surface area contributed by atoms with Crippen molar-refractivity contribution in [3.63, 3.8) is 0 Å². The fourth-order valence-corrected chi connectivity index (χ4v) is 1.93. The van der Waals surface area contributed by atoms with Crippen LogP contribution in [0.15, 0.2) is 34.9 Å². The predicted molar refractivity (Wildman–Crippen MR) is 82.8 cm³/mol. The van der Waals surface area contributed by atoms with Gasteiger partial charge in [0.2, 0.25) is 5.88 Å². The molecule has 0 bridgehead atoms. The highest BCUT2D eigenvalue weighted by molar-refractivity contribution is 6.31. The normalized spacial score (nSPS) is 10.5. The van der Waals surface area contributed by atoms with Crippen molar-refractivity contribution in [2.45, 2.75) is 0 Å². The molecule has 0 unspecified atom stereocenters. The number of amides is 1. The molecule has 8 nitrogen and oxygen atoms in total. The van der Waals surface area contributed by atoms with Crippen LogP contribution in [0.4, 0.5) is 26.2 Å². The maximum Gasteiger partial charge on any atom is 0.320 e. The molecule has 0 fully saturated rings. The van der Waals surface area contributed by atoms with Crippen molar-refractivity contribution in [3.05, 3.63) is 53.0 Å². The van der Waals surface area contributed by atoms with Crippen LogP contribution in [0.1, 0.15) is 10.7 Å². The van der Waals surface area contributed by atoms with Crippen molar-refractivity contribution in [1.82, 2.24) is 15.2 Å². The molecule has 1 amide bonds. The van der Waals surface area contributed by atoms with Crippen LogP contribution in [-0.2, 0) is 0 Å². The van der Waals surface area contributed by atoms with E-state index < -0.39 is 29.3 Å². The van der Waals surface area contributed by atoms with Crippen molar-refractivity contribution in [2.75, 3.05) is 10.6 Å². The fourth-order valence-electron chi connectivity index (χ4n) is 1.75. The van der Waals surface area contributed by atoms with Crippen molar-refractivity contribution >= 4 is 34.9 Å². The largest absolute Gasteiger partial charge is 0.491 e. The lowest BCUT2D eigenvalue weighted by Gasteiger charge is -2.03. The Morgan fingerprint density at radius 2 is 1.96 bits per heavy atom. The summed E-state index contributed by atoms with van der Waals surface area (Å²) in [7, 11) is 0. The molecular weight excluding hydrogens is 360 g/mol. The number of aromatic nitrogens is 3. The van der Waals surface area contributed by atoms with Crippen LogP contribution in [0.25, 0.3) is 0 Å². The van der Waals surface area contributed by atoms with Gasteiger partial charge in [-0.25, -0.2) is 13.8 Å². The number of carbonyl (C=O) groups is 1. The van der Waals surface area contributed by atoms with E-state index in [0.29, 0.717) is 5.69 Å². The highest BCUT2D eigenvalue weighted by atomic mass is 35.5. The average Bonchev–Trinajstić information content (AvgIpc) is 3.03. The third-order valence-corrected chi connectivity index (χ3v) is 3.16. The van der Waals surface area contributed by atoms with E-state index in [1.54, 1.807) is 0 Å². The minimum absolute atomic E-state index is 0.0154. The number of nitrogens with zero attached hydrogens (tertiary/aromatic N) is 3. The van der Waals surface area contributed by atoms with Gasteiger partial charge >= 0.3 is 17.8 Å². The summed E-state index contributed by atoms with van der Waals surface area (Å²) in [6.07, 6.45) is 1.05. The van der Waals surface area contributed by atoms with Gasteiger partial charge in [0.15, 0.2) is 5.82 Å². The third kappa shape index (κ3) is 3.80. The third-order valence-electron chi connectivity index (χ3n) is 2.87. The first-order valence-corrected chi connectivity index (χ1v) is 7.01. The molecule has 0 atom stereocenters. The van der Waals surface area contributed by atoms with Gasteiger partial charge in [-0.2, -0.15) is 0 Å². The topological polar surface area (TPSA) is 113 Å². The Hall–Kier alpha value is -3.27. The van der Waals surface area contributed by atoms with Crippen LogP contribution in [0, 0.1) is 11.6 Å². The van der Waals surface area contributed by atoms with E-state index in [1.165, 1.54) is 12.1 Å². The molecule has 2 heterocycles. The molecule has 11 heteroatoms. The van der Waals surface area contributed by atoms with Crippen molar-refractivity contribution in [3.8, 4) is 5.88 Å². The number of carbonyl (C=O) groups excluding carboxylic acids is 1. The molecule has 3 aromatic rings. The number of rotatable bonds is 4. The second-order valence-electron chi connectivity index (χ2n) is 4.65. The number of benzene rings is 1. The molecule has 0 saturated heterocycles. The van der Waals surface area contributed by atoms with Crippen molar-refractivity contribution in [2.24, 2.45) is 0 Å². The van der Waals surface area contributed by atoms with Crippen molar-refractivity contribution in [1.29, 1.82) is 0 Å². The van der Waals surface area contributed by atoms with E-state index in [2.05, 4.69) is 25.8 Å². The smallest absolute Gasteiger partial charge is 0.320 e. The summed E-state index contributed by atoms with van der Waals surface area (Å²) < 4.78 is 31.4. The molecule has 3 N–H and O–H groups in total. The Morgan fingerprint density at radius 1 is 1.16 bits per heavy atom. The lowest BCUT2D eigenvalue weighted by molar-refractivity contribution is 0.0991. The molecule has 0 aliphatic rings. The molecular formula is C14H8ClF2N5O3. The minimum atomic E-state index is -1.00. The zero-order valence-corrected chi connectivity index (χ0v) is 12.9. The highest BCUT2D eigenvalue weighted by Gasteiger charge is 2.16. The Balaban J connectivity index is 1.70. The molecule has 0 saturated carbocycles. The summed E-state index contributed by atoms with van der Waals surface area (Å²) in [5.41, 5.74) is 0.352. The number of pyridine rings is 1. The Kier molecular flexibility index (Phi) is 4.44. The second-order valence-corrected chi connectivity index (χ2v) is 5.06. The van der Waals surface area contributed by atoms with Gasteiger partial charge in [0.05, 0.1) is 16.9 Å². The minimum Gasteiger partial charge on any atom is -0.491 e. The standard InChI is InChI=1S/C14H8ClF2N5O3/c15-8-3-6(1-2-9(8)16)20-14-22-21-13(25-14)12(24)19-7-4-10(17)11(23)18-5-7/h1-5H,(H,18,23)(H,19,24)(H,20,22). The Bertz CT molecular complexity index is 950. The molecule has 1 aromatic carbocycles. The zero-order valence-electron chi connectivity index (χ0n) is 12.1. The summed E-state index contributed by atoms with van der Waals surface area (Å²) in [6.45, 7) is 0. The highest BCUT2D eigenvalue weighted by Crippen LogP contribution is 2.22. The first-order chi connectivity index (χ1) is 11.9. The number of nitrogens with one attached hydrogen (secondary N) is 2. The fraction of sp³-hybridized carbons (Fsp3) is 0. The van der Waals surface area contributed by atoms with Gasteiger partial charge in [0.25, 0.3) is 0 Å². The molecule has 25 heavy (non-hydrogen) atoms. The van der Waals surface area contributed by atoms with Gasteiger partial charge in [0.1, 0.15) is 5.82 Å². The monoisotopic (exact) mass is 367 g/mol. The van der Waals surface area contributed by atoms with E-state index in [9.17, 15) is 13.6 Å².